The number of rotatable bonds is 8. The molecular weight excluding hydrogens is 456 g/mol. The highest BCUT2D eigenvalue weighted by Crippen LogP contribution is 2.46. The van der Waals surface area contributed by atoms with Crippen molar-refractivity contribution in [1.82, 2.24) is 19.5 Å². The zero-order chi connectivity index (χ0) is 25.6. The zero-order valence-corrected chi connectivity index (χ0v) is 21.4. The van der Waals surface area contributed by atoms with Crippen LogP contribution in [0.1, 0.15) is 35.1 Å². The fraction of sp³-hybridized carbons (Fsp3) is 0.357. The molecule has 0 spiro atoms. The van der Waals surface area contributed by atoms with Gasteiger partial charge in [0.2, 0.25) is 11.8 Å². The van der Waals surface area contributed by atoms with E-state index in [1.165, 1.54) is 0 Å². The van der Waals surface area contributed by atoms with Gasteiger partial charge in [-0.2, -0.15) is 4.73 Å². The molecule has 1 N–H and O–H groups in total. The Balaban J connectivity index is 1.75. The summed E-state index contributed by atoms with van der Waals surface area (Å²) >= 11 is 0. The number of hydrogen-bond donors (Lipinski definition) is 1. The molecule has 1 aliphatic heterocycles. The molecule has 0 saturated carbocycles. The van der Waals surface area contributed by atoms with E-state index in [0.29, 0.717) is 12.2 Å². The molecule has 188 valence electrons. The average Bonchev–Trinajstić information content (AvgIpc) is 3.45. The van der Waals surface area contributed by atoms with Gasteiger partial charge in [-0.25, -0.2) is 0 Å². The lowest BCUT2D eigenvalue weighted by Crippen LogP contribution is -2.22. The number of carbonyl (C=O) groups excluding carboxylic acids is 2. The van der Waals surface area contributed by atoms with Crippen LogP contribution in [0.5, 0.6) is 5.75 Å². The van der Waals surface area contributed by atoms with Crippen LogP contribution in [0.25, 0.3) is 21.8 Å². The summed E-state index contributed by atoms with van der Waals surface area (Å²) in [6.45, 7) is 0.885. The molecule has 1 saturated heterocycles. The van der Waals surface area contributed by atoms with Gasteiger partial charge >= 0.3 is 0 Å². The molecule has 2 unspecified atom stereocenters. The highest BCUT2D eigenvalue weighted by molar-refractivity contribution is 6.13. The van der Waals surface area contributed by atoms with Crippen LogP contribution in [0.2, 0.25) is 0 Å². The van der Waals surface area contributed by atoms with Crippen molar-refractivity contribution >= 4 is 33.6 Å². The molecule has 0 radical (unpaired) electrons. The van der Waals surface area contributed by atoms with Crippen LogP contribution in [0.4, 0.5) is 0 Å². The molecule has 1 aliphatic rings. The molecule has 1 fully saturated rings. The van der Waals surface area contributed by atoms with Crippen molar-refractivity contribution in [1.29, 1.82) is 0 Å². The number of imide groups is 1. The van der Waals surface area contributed by atoms with Crippen molar-refractivity contribution in [3.05, 3.63) is 65.5 Å². The summed E-state index contributed by atoms with van der Waals surface area (Å²) in [4.78, 5) is 34.9. The molecular formula is C28H32N4O4. The summed E-state index contributed by atoms with van der Waals surface area (Å²) in [5, 5.41) is 4.47. The Morgan fingerprint density at radius 3 is 2.44 bits per heavy atom. The number of hydrogen-bond acceptors (Lipinski definition) is 5. The maximum Gasteiger partial charge on any atom is 0.235 e. The van der Waals surface area contributed by atoms with Gasteiger partial charge in [0.1, 0.15) is 12.9 Å². The summed E-state index contributed by atoms with van der Waals surface area (Å²) in [6.07, 6.45) is 3.54. The lowest BCUT2D eigenvalue weighted by atomic mass is 9.81. The van der Waals surface area contributed by atoms with Gasteiger partial charge in [-0.3, -0.25) is 14.9 Å². The molecule has 36 heavy (non-hydrogen) atoms. The molecule has 8 nitrogen and oxygen atoms in total. The Morgan fingerprint density at radius 1 is 0.972 bits per heavy atom. The largest absolute Gasteiger partial charge is 0.497 e. The van der Waals surface area contributed by atoms with E-state index in [1.807, 2.05) is 74.4 Å². The Hall–Kier alpha value is -3.78. The van der Waals surface area contributed by atoms with Crippen molar-refractivity contribution in [2.45, 2.75) is 24.7 Å². The third-order valence-corrected chi connectivity index (χ3v) is 7.19. The lowest BCUT2D eigenvalue weighted by molar-refractivity contribution is -0.125. The van der Waals surface area contributed by atoms with Crippen LogP contribution in [-0.2, 0) is 23.1 Å². The minimum atomic E-state index is -0.691. The Morgan fingerprint density at radius 2 is 1.72 bits per heavy atom. The molecule has 0 aliphatic carbocycles. The quantitative estimate of drug-likeness (QED) is 0.386. The minimum absolute atomic E-state index is 0.276. The standard InChI is InChI=1S/C28H32N4O4/c1-30(2)14-8-11-23-24(19-15-17(35-4)12-13-22(19)32(23)36-5)26-25(27(33)29-28(26)34)20-16-31(3)21-10-7-6-9-18(20)21/h6-7,9-10,12-13,15-16,25-26H,8,11,14H2,1-5H3,(H,29,33,34). The summed E-state index contributed by atoms with van der Waals surface area (Å²) in [6, 6.07) is 13.7. The van der Waals surface area contributed by atoms with Crippen molar-refractivity contribution in [2.24, 2.45) is 7.05 Å². The summed E-state index contributed by atoms with van der Waals surface area (Å²) in [5.74, 6) is -1.23. The van der Waals surface area contributed by atoms with Gasteiger partial charge in [-0.05, 0) is 68.9 Å². The van der Waals surface area contributed by atoms with Crippen molar-refractivity contribution < 1.29 is 19.2 Å². The number of nitrogens with one attached hydrogen (secondary N) is 1. The summed E-state index contributed by atoms with van der Waals surface area (Å²) < 4.78 is 9.34. The third kappa shape index (κ3) is 3.82. The van der Waals surface area contributed by atoms with E-state index in [0.717, 1.165) is 51.6 Å². The number of carbonyl (C=O) groups is 2. The van der Waals surface area contributed by atoms with Crippen molar-refractivity contribution in [3.8, 4) is 5.75 Å². The van der Waals surface area contributed by atoms with Gasteiger partial charge < -0.3 is 19.0 Å². The van der Waals surface area contributed by atoms with E-state index >= 15 is 0 Å². The van der Waals surface area contributed by atoms with Crippen molar-refractivity contribution in [2.75, 3.05) is 34.9 Å². The minimum Gasteiger partial charge on any atom is -0.497 e. The van der Waals surface area contributed by atoms with Gasteiger partial charge in [0.15, 0.2) is 0 Å². The molecule has 5 rings (SSSR count). The summed E-state index contributed by atoms with van der Waals surface area (Å²) in [7, 11) is 9.29. The molecule has 2 amide bonds. The second-order valence-electron chi connectivity index (χ2n) is 9.65. The number of nitrogens with zero attached hydrogens (tertiary/aromatic N) is 3. The van der Waals surface area contributed by atoms with Crippen molar-refractivity contribution in [3.63, 3.8) is 0 Å². The van der Waals surface area contributed by atoms with Crippen LogP contribution in [0.15, 0.2) is 48.7 Å². The fourth-order valence-corrected chi connectivity index (χ4v) is 5.62. The molecule has 4 aromatic rings. The van der Waals surface area contributed by atoms with Crippen LogP contribution < -0.4 is 14.9 Å². The van der Waals surface area contributed by atoms with E-state index in [1.54, 1.807) is 19.0 Å². The second-order valence-corrected chi connectivity index (χ2v) is 9.65. The van der Waals surface area contributed by atoms with Gasteiger partial charge in [-0.1, -0.05) is 18.2 Å². The van der Waals surface area contributed by atoms with Crippen LogP contribution in [0.3, 0.4) is 0 Å². The maximum atomic E-state index is 13.5. The number of ether oxygens (including phenoxy) is 1. The third-order valence-electron chi connectivity index (χ3n) is 7.19. The SMILES string of the molecule is COc1ccc2c(c1)c(C1C(=O)NC(=O)C1c1cn(C)c3ccccc13)c(CCCN(C)C)n2OC. The Kier molecular flexibility index (Phi) is 6.22. The number of fused-ring (bicyclic) bond motifs is 2. The van der Waals surface area contributed by atoms with E-state index < -0.39 is 11.8 Å². The number of para-hydroxylation sites is 1. The predicted molar refractivity (Wildman–Crippen MR) is 139 cm³/mol. The average molecular weight is 489 g/mol. The number of aryl methyl sites for hydroxylation is 1. The van der Waals surface area contributed by atoms with Crippen LogP contribution in [0, 0.1) is 0 Å². The first kappa shape index (κ1) is 23.9. The smallest absolute Gasteiger partial charge is 0.235 e. The molecule has 2 atom stereocenters. The lowest BCUT2D eigenvalue weighted by Gasteiger charge is -2.18. The second kappa shape index (κ2) is 9.35. The summed E-state index contributed by atoms with van der Waals surface area (Å²) in [5.41, 5.74) is 4.44. The highest BCUT2D eigenvalue weighted by atomic mass is 16.6. The Bertz CT molecular complexity index is 1470. The van der Waals surface area contributed by atoms with E-state index in [9.17, 15) is 9.59 Å². The van der Waals surface area contributed by atoms with Crippen LogP contribution in [-0.4, -0.2) is 60.9 Å². The number of methoxy groups -OCH3 is 1. The van der Waals surface area contributed by atoms with Gasteiger partial charge in [-0.15, -0.1) is 0 Å². The maximum absolute atomic E-state index is 13.5. The first-order valence-corrected chi connectivity index (χ1v) is 12.1. The number of aromatic nitrogens is 2. The van der Waals surface area contributed by atoms with E-state index in [2.05, 4.69) is 10.2 Å². The van der Waals surface area contributed by atoms with E-state index in [4.69, 9.17) is 9.57 Å². The Labute approximate surface area is 210 Å². The molecule has 8 heteroatoms. The highest BCUT2D eigenvalue weighted by Gasteiger charge is 2.47. The molecule has 2 aromatic carbocycles. The molecule has 3 heterocycles. The number of benzene rings is 2. The predicted octanol–water partition coefficient (Wildman–Crippen LogP) is 3.22. The van der Waals surface area contributed by atoms with Gasteiger partial charge in [0.25, 0.3) is 0 Å². The first-order valence-electron chi connectivity index (χ1n) is 12.1. The first-order chi connectivity index (χ1) is 17.3. The molecule has 2 aromatic heterocycles. The zero-order valence-electron chi connectivity index (χ0n) is 21.4. The monoisotopic (exact) mass is 488 g/mol. The fourth-order valence-electron chi connectivity index (χ4n) is 5.62. The number of amides is 2. The topological polar surface area (TPSA) is 77.7 Å². The van der Waals surface area contributed by atoms with Crippen LogP contribution >= 0.6 is 0 Å². The van der Waals surface area contributed by atoms with E-state index in [-0.39, 0.29) is 11.8 Å². The molecule has 0 bridgehead atoms. The normalized spacial score (nSPS) is 17.9. The van der Waals surface area contributed by atoms with Gasteiger partial charge in [0, 0.05) is 29.5 Å². The van der Waals surface area contributed by atoms with Gasteiger partial charge in [0.05, 0.1) is 30.2 Å².